The van der Waals surface area contributed by atoms with Crippen molar-refractivity contribution in [2.45, 2.75) is 18.9 Å². The molecule has 0 saturated carbocycles. The minimum Gasteiger partial charge on any atom is -0.330 e. The summed E-state index contributed by atoms with van der Waals surface area (Å²) in [4.78, 5) is 2.74. The first-order chi connectivity index (χ1) is 9.09. The molecule has 2 N–H and O–H groups in total. The van der Waals surface area contributed by atoms with Gasteiger partial charge in [-0.1, -0.05) is 0 Å². The van der Waals surface area contributed by atoms with Crippen molar-refractivity contribution >= 4 is 23.3 Å². The largest absolute Gasteiger partial charge is 0.330 e. The molecule has 0 radical (unpaired) electrons. The number of halogens is 3. The van der Waals surface area contributed by atoms with E-state index in [0.29, 0.717) is 4.77 Å². The van der Waals surface area contributed by atoms with Gasteiger partial charge in [0.05, 0.1) is 5.52 Å². The number of rotatable bonds is 1. The van der Waals surface area contributed by atoms with E-state index in [2.05, 4.69) is 10.3 Å². The van der Waals surface area contributed by atoms with Gasteiger partial charge in [0.25, 0.3) is 0 Å². The molecule has 2 aromatic rings. The Kier molecular flexibility index (Phi) is 3.10. The van der Waals surface area contributed by atoms with E-state index in [-0.39, 0.29) is 17.1 Å². The molecule has 1 aromatic carbocycles. The van der Waals surface area contributed by atoms with Crippen LogP contribution >= 0.6 is 12.2 Å². The SMILES string of the molecule is Fc1cc2[nH]c(=S)n(C3CCNCC3)c2c(F)c1F. The predicted molar refractivity (Wildman–Crippen MR) is 68.1 cm³/mol. The quantitative estimate of drug-likeness (QED) is 0.624. The number of piperidine rings is 1. The summed E-state index contributed by atoms with van der Waals surface area (Å²) >= 11 is 5.16. The lowest BCUT2D eigenvalue weighted by molar-refractivity contribution is 0.368. The molecule has 7 heteroatoms. The number of hydrogen-bond acceptors (Lipinski definition) is 2. The normalized spacial score (nSPS) is 17.2. The van der Waals surface area contributed by atoms with Crippen molar-refractivity contribution in [2.75, 3.05) is 13.1 Å². The molecule has 102 valence electrons. The van der Waals surface area contributed by atoms with Crippen LogP contribution in [0.2, 0.25) is 0 Å². The third-order valence-corrected chi connectivity index (χ3v) is 3.81. The van der Waals surface area contributed by atoms with E-state index in [4.69, 9.17) is 12.2 Å². The topological polar surface area (TPSA) is 32.8 Å². The van der Waals surface area contributed by atoms with Crippen LogP contribution in [0.4, 0.5) is 13.2 Å². The van der Waals surface area contributed by atoms with E-state index in [1.165, 1.54) is 0 Å². The van der Waals surface area contributed by atoms with E-state index in [1.807, 2.05) is 0 Å². The summed E-state index contributed by atoms with van der Waals surface area (Å²) in [7, 11) is 0. The molecule has 19 heavy (non-hydrogen) atoms. The van der Waals surface area contributed by atoms with Gasteiger partial charge in [-0.3, -0.25) is 0 Å². The second-order valence-electron chi connectivity index (χ2n) is 4.66. The minimum absolute atomic E-state index is 0.00172. The van der Waals surface area contributed by atoms with Crippen LogP contribution < -0.4 is 5.32 Å². The molecule has 0 atom stereocenters. The zero-order chi connectivity index (χ0) is 13.6. The van der Waals surface area contributed by atoms with Gasteiger partial charge in [-0.25, -0.2) is 13.2 Å². The molecule has 3 rings (SSSR count). The van der Waals surface area contributed by atoms with Gasteiger partial charge in [0, 0.05) is 12.1 Å². The zero-order valence-corrected chi connectivity index (χ0v) is 10.8. The highest BCUT2D eigenvalue weighted by Gasteiger charge is 2.23. The molecule has 3 nitrogen and oxygen atoms in total. The third-order valence-electron chi connectivity index (χ3n) is 3.51. The van der Waals surface area contributed by atoms with Gasteiger partial charge in [0.2, 0.25) is 0 Å². The highest BCUT2D eigenvalue weighted by atomic mass is 32.1. The Bertz CT molecular complexity index is 686. The molecule has 1 aliphatic rings. The van der Waals surface area contributed by atoms with E-state index in [9.17, 15) is 13.2 Å². The molecule has 0 amide bonds. The molecule has 1 aromatic heterocycles. The first-order valence-corrected chi connectivity index (χ1v) is 6.49. The van der Waals surface area contributed by atoms with Crippen molar-refractivity contribution < 1.29 is 13.2 Å². The molecule has 2 heterocycles. The number of nitrogens with one attached hydrogen (secondary N) is 2. The monoisotopic (exact) mass is 287 g/mol. The molecule has 0 bridgehead atoms. The summed E-state index contributed by atoms with van der Waals surface area (Å²) in [6, 6.07) is 0.947. The van der Waals surface area contributed by atoms with Gasteiger partial charge in [0.1, 0.15) is 5.52 Å². The van der Waals surface area contributed by atoms with E-state index >= 15 is 0 Å². The van der Waals surface area contributed by atoms with Crippen LogP contribution in [0.3, 0.4) is 0 Å². The Balaban J connectivity index is 2.26. The molecule has 0 spiro atoms. The van der Waals surface area contributed by atoms with E-state index < -0.39 is 17.5 Å². The second kappa shape index (κ2) is 4.64. The lowest BCUT2D eigenvalue weighted by atomic mass is 10.1. The lowest BCUT2D eigenvalue weighted by Gasteiger charge is -2.24. The smallest absolute Gasteiger partial charge is 0.196 e. The number of aromatic amines is 1. The van der Waals surface area contributed by atoms with Crippen molar-refractivity contribution in [2.24, 2.45) is 0 Å². The fourth-order valence-electron chi connectivity index (χ4n) is 2.61. The van der Waals surface area contributed by atoms with Gasteiger partial charge in [0.15, 0.2) is 22.2 Å². The van der Waals surface area contributed by atoms with Gasteiger partial charge >= 0.3 is 0 Å². The van der Waals surface area contributed by atoms with Gasteiger partial charge < -0.3 is 14.9 Å². The van der Waals surface area contributed by atoms with Crippen LogP contribution in [0.25, 0.3) is 11.0 Å². The van der Waals surface area contributed by atoms with E-state index in [0.717, 1.165) is 32.0 Å². The number of hydrogen-bond donors (Lipinski definition) is 2. The Morgan fingerprint density at radius 3 is 2.53 bits per heavy atom. The Morgan fingerprint density at radius 1 is 1.16 bits per heavy atom. The average Bonchev–Trinajstić information content (AvgIpc) is 2.73. The Morgan fingerprint density at radius 2 is 1.84 bits per heavy atom. The minimum atomic E-state index is -1.45. The zero-order valence-electron chi connectivity index (χ0n) is 9.97. The molecule has 1 aliphatic heterocycles. The maximum Gasteiger partial charge on any atom is 0.196 e. The summed E-state index contributed by atoms with van der Waals surface area (Å²) in [6.45, 7) is 1.59. The first kappa shape index (κ1) is 12.7. The molecular formula is C12H12F3N3S. The number of nitrogens with zero attached hydrogens (tertiary/aromatic N) is 1. The maximum atomic E-state index is 14.0. The fraction of sp³-hybridized carbons (Fsp3) is 0.417. The Labute approximate surface area is 112 Å². The van der Waals surface area contributed by atoms with Gasteiger partial charge in [-0.05, 0) is 38.1 Å². The lowest BCUT2D eigenvalue weighted by Crippen LogP contribution is -2.29. The predicted octanol–water partition coefficient (Wildman–Crippen LogP) is 3.04. The number of imidazole rings is 1. The molecule has 0 aliphatic carbocycles. The Hall–Kier alpha value is -1.34. The standard InChI is InChI=1S/C12H12F3N3S/c13-7-5-8-11(10(15)9(7)14)18(12(19)17-8)6-1-3-16-4-2-6/h5-6,16H,1-4H2,(H,17,19). The number of fused-ring (bicyclic) bond motifs is 1. The maximum absolute atomic E-state index is 14.0. The van der Waals surface area contributed by atoms with Crippen LogP contribution in [-0.4, -0.2) is 22.6 Å². The van der Waals surface area contributed by atoms with Crippen molar-refractivity contribution in [1.82, 2.24) is 14.9 Å². The van der Waals surface area contributed by atoms with Crippen LogP contribution in [0.15, 0.2) is 6.07 Å². The van der Waals surface area contributed by atoms with Crippen molar-refractivity contribution in [3.8, 4) is 0 Å². The van der Waals surface area contributed by atoms with Crippen molar-refractivity contribution in [3.63, 3.8) is 0 Å². The van der Waals surface area contributed by atoms with Crippen LogP contribution in [-0.2, 0) is 0 Å². The average molecular weight is 287 g/mol. The highest BCUT2D eigenvalue weighted by Crippen LogP contribution is 2.29. The molecule has 1 saturated heterocycles. The summed E-state index contributed by atoms with van der Waals surface area (Å²) in [5.74, 6) is -3.84. The first-order valence-electron chi connectivity index (χ1n) is 6.08. The van der Waals surface area contributed by atoms with Gasteiger partial charge in [-0.2, -0.15) is 0 Å². The van der Waals surface area contributed by atoms with E-state index in [1.54, 1.807) is 4.57 Å². The summed E-state index contributed by atoms with van der Waals surface area (Å²) in [5, 5.41) is 3.19. The second-order valence-corrected chi connectivity index (χ2v) is 5.05. The summed E-state index contributed by atoms with van der Waals surface area (Å²) in [6.07, 6.45) is 1.55. The molecule has 1 fully saturated rings. The number of aromatic nitrogens is 2. The van der Waals surface area contributed by atoms with Crippen LogP contribution in [0.1, 0.15) is 18.9 Å². The van der Waals surface area contributed by atoms with Gasteiger partial charge in [-0.15, -0.1) is 0 Å². The number of benzene rings is 1. The van der Waals surface area contributed by atoms with Crippen LogP contribution in [0, 0.1) is 22.2 Å². The highest BCUT2D eigenvalue weighted by molar-refractivity contribution is 7.71. The summed E-state index contributed by atoms with van der Waals surface area (Å²) < 4.78 is 42.4. The van der Waals surface area contributed by atoms with Crippen molar-refractivity contribution in [3.05, 3.63) is 28.3 Å². The van der Waals surface area contributed by atoms with Crippen molar-refractivity contribution in [1.29, 1.82) is 0 Å². The summed E-state index contributed by atoms with van der Waals surface area (Å²) in [5.41, 5.74) is 0.218. The molecular weight excluding hydrogens is 275 g/mol. The van der Waals surface area contributed by atoms with Crippen LogP contribution in [0.5, 0.6) is 0 Å². The number of H-pyrrole nitrogens is 1. The molecule has 0 unspecified atom stereocenters. The third kappa shape index (κ3) is 1.97. The fourth-order valence-corrected chi connectivity index (χ4v) is 2.96.